The van der Waals surface area contributed by atoms with Crippen LogP contribution in [-0.4, -0.2) is 35.2 Å². The van der Waals surface area contributed by atoms with Crippen molar-refractivity contribution in [1.82, 2.24) is 9.88 Å². The van der Waals surface area contributed by atoms with Crippen molar-refractivity contribution in [2.75, 3.05) is 20.2 Å². The minimum atomic E-state index is 0.178. The quantitative estimate of drug-likeness (QED) is 0.742. The molecule has 0 radical (unpaired) electrons. The minimum absolute atomic E-state index is 0.178. The lowest BCUT2D eigenvalue weighted by molar-refractivity contribution is 0.217. The zero-order chi connectivity index (χ0) is 9.68. The molecule has 0 spiro atoms. The van der Waals surface area contributed by atoms with Crippen molar-refractivity contribution < 1.29 is 5.11 Å². The molecule has 0 aliphatic rings. The highest BCUT2D eigenvalue weighted by Crippen LogP contribution is 2.06. The van der Waals surface area contributed by atoms with Gasteiger partial charge >= 0.3 is 0 Å². The number of hydrogen-bond acceptors (Lipinski definition) is 3. The van der Waals surface area contributed by atoms with Crippen LogP contribution in [-0.2, 0) is 6.54 Å². The molecular formula is C9H13ClN2O. The van der Waals surface area contributed by atoms with Gasteiger partial charge < -0.3 is 5.11 Å². The molecule has 0 aliphatic heterocycles. The number of halogens is 1. The fraction of sp³-hybridized carbons (Fsp3) is 0.444. The molecule has 4 heteroatoms. The second kappa shape index (κ2) is 5.17. The van der Waals surface area contributed by atoms with E-state index >= 15 is 0 Å². The van der Waals surface area contributed by atoms with Gasteiger partial charge in [-0.2, -0.15) is 0 Å². The predicted molar refractivity (Wildman–Crippen MR) is 52.7 cm³/mol. The van der Waals surface area contributed by atoms with E-state index in [1.165, 1.54) is 0 Å². The van der Waals surface area contributed by atoms with E-state index in [0.717, 1.165) is 12.1 Å². The summed E-state index contributed by atoms with van der Waals surface area (Å²) in [5.41, 5.74) is 1.10. The normalized spacial score (nSPS) is 10.8. The maximum Gasteiger partial charge on any atom is 0.129 e. The predicted octanol–water partition coefficient (Wildman–Crippen LogP) is 1.16. The van der Waals surface area contributed by atoms with Crippen LogP contribution in [0.1, 0.15) is 5.56 Å². The van der Waals surface area contributed by atoms with Gasteiger partial charge in [0, 0.05) is 19.3 Å². The molecule has 0 bridgehead atoms. The van der Waals surface area contributed by atoms with Gasteiger partial charge in [-0.15, -0.1) is 0 Å². The Morgan fingerprint density at radius 2 is 2.31 bits per heavy atom. The SMILES string of the molecule is CN(CCO)Cc1ccc(Cl)nc1. The van der Waals surface area contributed by atoms with E-state index in [1.54, 1.807) is 12.3 Å². The Hall–Kier alpha value is -0.640. The van der Waals surface area contributed by atoms with Crippen LogP contribution in [0.15, 0.2) is 18.3 Å². The third kappa shape index (κ3) is 3.72. The Bertz CT molecular complexity index is 250. The van der Waals surface area contributed by atoms with Gasteiger partial charge in [0.25, 0.3) is 0 Å². The van der Waals surface area contributed by atoms with Gasteiger partial charge in [-0.3, -0.25) is 4.90 Å². The number of nitrogens with zero attached hydrogens (tertiary/aromatic N) is 2. The summed E-state index contributed by atoms with van der Waals surface area (Å²) >= 11 is 5.64. The summed E-state index contributed by atoms with van der Waals surface area (Å²) in [4.78, 5) is 5.99. The van der Waals surface area contributed by atoms with Crippen molar-refractivity contribution in [2.24, 2.45) is 0 Å². The van der Waals surface area contributed by atoms with Crippen LogP contribution < -0.4 is 0 Å². The van der Waals surface area contributed by atoms with Crippen molar-refractivity contribution >= 4 is 11.6 Å². The molecule has 13 heavy (non-hydrogen) atoms. The van der Waals surface area contributed by atoms with Crippen molar-refractivity contribution in [2.45, 2.75) is 6.54 Å². The zero-order valence-electron chi connectivity index (χ0n) is 7.57. The fourth-order valence-corrected chi connectivity index (χ4v) is 1.17. The van der Waals surface area contributed by atoms with Crippen LogP contribution in [0.4, 0.5) is 0 Å². The van der Waals surface area contributed by atoms with Gasteiger partial charge in [-0.05, 0) is 18.7 Å². The molecule has 0 fully saturated rings. The lowest BCUT2D eigenvalue weighted by Crippen LogP contribution is -2.21. The molecule has 0 unspecified atom stereocenters. The van der Waals surface area contributed by atoms with Crippen LogP contribution in [0.2, 0.25) is 5.15 Å². The maximum atomic E-state index is 8.68. The molecule has 0 amide bonds. The van der Waals surface area contributed by atoms with Gasteiger partial charge in [0.05, 0.1) is 6.61 Å². The second-order valence-corrected chi connectivity index (χ2v) is 3.34. The summed E-state index contributed by atoms with van der Waals surface area (Å²) in [6.07, 6.45) is 1.75. The molecule has 3 nitrogen and oxygen atoms in total. The molecule has 1 aromatic rings. The summed E-state index contributed by atoms with van der Waals surface area (Å²) in [7, 11) is 1.95. The molecule has 0 saturated carbocycles. The van der Waals surface area contributed by atoms with E-state index in [2.05, 4.69) is 4.98 Å². The largest absolute Gasteiger partial charge is 0.395 e. The summed E-state index contributed by atoms with van der Waals surface area (Å²) in [6.45, 7) is 1.63. The third-order valence-corrected chi connectivity index (χ3v) is 1.95. The highest BCUT2D eigenvalue weighted by Gasteiger charge is 1.99. The van der Waals surface area contributed by atoms with E-state index < -0.39 is 0 Å². The van der Waals surface area contributed by atoms with Gasteiger partial charge in [-0.25, -0.2) is 4.98 Å². The maximum absolute atomic E-state index is 8.68. The summed E-state index contributed by atoms with van der Waals surface area (Å²) in [5.74, 6) is 0. The van der Waals surface area contributed by atoms with E-state index in [9.17, 15) is 0 Å². The molecule has 1 N–H and O–H groups in total. The summed E-state index contributed by atoms with van der Waals surface area (Å²) in [6, 6.07) is 3.70. The molecule has 72 valence electrons. The molecule has 0 atom stereocenters. The van der Waals surface area contributed by atoms with Crippen LogP contribution in [0.25, 0.3) is 0 Å². The fourth-order valence-electron chi connectivity index (χ4n) is 1.06. The first-order valence-electron chi connectivity index (χ1n) is 4.12. The molecule has 0 saturated heterocycles. The van der Waals surface area contributed by atoms with Gasteiger partial charge in [0.2, 0.25) is 0 Å². The van der Waals surface area contributed by atoms with Crippen LogP contribution in [0.5, 0.6) is 0 Å². The topological polar surface area (TPSA) is 36.4 Å². The third-order valence-electron chi connectivity index (χ3n) is 1.72. The number of likely N-dealkylation sites (N-methyl/N-ethyl adjacent to an activating group) is 1. The van der Waals surface area contributed by atoms with Crippen molar-refractivity contribution in [3.63, 3.8) is 0 Å². The smallest absolute Gasteiger partial charge is 0.129 e. The Balaban J connectivity index is 2.49. The van der Waals surface area contributed by atoms with Crippen LogP contribution in [0.3, 0.4) is 0 Å². The molecule has 0 aliphatic carbocycles. The highest BCUT2D eigenvalue weighted by atomic mass is 35.5. The first-order valence-corrected chi connectivity index (χ1v) is 4.50. The Kier molecular flexibility index (Phi) is 4.15. The summed E-state index contributed by atoms with van der Waals surface area (Å²) in [5, 5.41) is 9.19. The first kappa shape index (κ1) is 10.4. The number of aliphatic hydroxyl groups is 1. The molecule has 0 aromatic carbocycles. The van der Waals surface area contributed by atoms with E-state index in [0.29, 0.717) is 11.7 Å². The zero-order valence-corrected chi connectivity index (χ0v) is 8.33. The lowest BCUT2D eigenvalue weighted by Gasteiger charge is -2.14. The van der Waals surface area contributed by atoms with Crippen molar-refractivity contribution in [3.8, 4) is 0 Å². The number of pyridine rings is 1. The average molecular weight is 201 g/mol. The summed E-state index contributed by atoms with van der Waals surface area (Å²) < 4.78 is 0. The Labute approximate surface area is 83.0 Å². The van der Waals surface area contributed by atoms with E-state index in [-0.39, 0.29) is 6.61 Å². The lowest BCUT2D eigenvalue weighted by atomic mass is 10.3. The monoisotopic (exact) mass is 200 g/mol. The second-order valence-electron chi connectivity index (χ2n) is 2.95. The standard InChI is InChI=1S/C9H13ClN2O/c1-12(4-5-13)7-8-2-3-9(10)11-6-8/h2-3,6,13H,4-5,7H2,1H3. The molecule has 1 aromatic heterocycles. The minimum Gasteiger partial charge on any atom is -0.395 e. The number of aromatic nitrogens is 1. The Morgan fingerprint density at radius 1 is 1.54 bits per heavy atom. The first-order chi connectivity index (χ1) is 6.22. The average Bonchev–Trinajstić information content (AvgIpc) is 2.09. The highest BCUT2D eigenvalue weighted by molar-refractivity contribution is 6.29. The van der Waals surface area contributed by atoms with E-state index in [1.807, 2.05) is 18.0 Å². The van der Waals surface area contributed by atoms with Gasteiger partial charge in [-0.1, -0.05) is 17.7 Å². The number of hydrogen-bond donors (Lipinski definition) is 1. The van der Waals surface area contributed by atoms with Crippen molar-refractivity contribution in [1.29, 1.82) is 0 Å². The van der Waals surface area contributed by atoms with Crippen LogP contribution in [0, 0.1) is 0 Å². The van der Waals surface area contributed by atoms with Crippen LogP contribution >= 0.6 is 11.6 Å². The van der Waals surface area contributed by atoms with Gasteiger partial charge in [0.15, 0.2) is 0 Å². The number of aliphatic hydroxyl groups excluding tert-OH is 1. The van der Waals surface area contributed by atoms with Gasteiger partial charge in [0.1, 0.15) is 5.15 Å². The molecular weight excluding hydrogens is 188 g/mol. The Morgan fingerprint density at radius 3 is 2.85 bits per heavy atom. The number of rotatable bonds is 4. The molecule has 1 rings (SSSR count). The van der Waals surface area contributed by atoms with Crippen molar-refractivity contribution in [3.05, 3.63) is 29.0 Å². The molecule has 1 heterocycles. The van der Waals surface area contributed by atoms with E-state index in [4.69, 9.17) is 16.7 Å².